The molecule has 2 aromatic carbocycles. The van der Waals surface area contributed by atoms with Gasteiger partial charge in [-0.05, 0) is 64.3 Å². The van der Waals surface area contributed by atoms with Crippen molar-refractivity contribution in [3.8, 4) is 11.4 Å². The standard InChI is InChI=1S/C23H28N4O2/c1-16-14-17(2)27(25-16)19-12-10-18(11-13-19)23(28)24-15-21(26(3)4)20-8-6-7-9-22(20)29-5/h6-14,21H,15H2,1-5H3,(H,24,28). The van der Waals surface area contributed by atoms with Gasteiger partial charge in [-0.3, -0.25) is 4.79 Å². The summed E-state index contributed by atoms with van der Waals surface area (Å²) in [4.78, 5) is 14.8. The third-order valence-electron chi connectivity index (χ3n) is 4.96. The predicted molar refractivity (Wildman–Crippen MR) is 115 cm³/mol. The number of para-hydroxylation sites is 1. The van der Waals surface area contributed by atoms with E-state index in [-0.39, 0.29) is 11.9 Å². The first kappa shape index (κ1) is 20.6. The number of hydrogen-bond acceptors (Lipinski definition) is 4. The van der Waals surface area contributed by atoms with Crippen molar-refractivity contribution in [1.82, 2.24) is 20.0 Å². The molecular weight excluding hydrogens is 364 g/mol. The fraction of sp³-hybridized carbons (Fsp3) is 0.304. The molecule has 0 radical (unpaired) electrons. The molecule has 0 aliphatic rings. The number of carbonyl (C=O) groups excluding carboxylic acids is 1. The molecule has 1 heterocycles. The molecule has 0 saturated heterocycles. The lowest BCUT2D eigenvalue weighted by Gasteiger charge is -2.26. The van der Waals surface area contributed by atoms with E-state index < -0.39 is 0 Å². The summed E-state index contributed by atoms with van der Waals surface area (Å²) >= 11 is 0. The summed E-state index contributed by atoms with van der Waals surface area (Å²) in [5.74, 6) is 0.710. The second-order valence-electron chi connectivity index (χ2n) is 7.32. The number of benzene rings is 2. The van der Waals surface area contributed by atoms with Gasteiger partial charge in [0.25, 0.3) is 5.91 Å². The van der Waals surface area contributed by atoms with Gasteiger partial charge in [-0.2, -0.15) is 5.10 Å². The van der Waals surface area contributed by atoms with Crippen LogP contribution in [0.15, 0.2) is 54.6 Å². The Morgan fingerprint density at radius 1 is 1.14 bits per heavy atom. The summed E-state index contributed by atoms with van der Waals surface area (Å²) in [6.07, 6.45) is 0. The number of ether oxygens (including phenoxy) is 1. The Hall–Kier alpha value is -3.12. The Kier molecular flexibility index (Phi) is 6.34. The summed E-state index contributed by atoms with van der Waals surface area (Å²) in [6, 6.07) is 17.4. The molecule has 1 amide bonds. The van der Waals surface area contributed by atoms with Crippen LogP contribution in [0.1, 0.15) is 33.4 Å². The van der Waals surface area contributed by atoms with Crippen LogP contribution >= 0.6 is 0 Å². The minimum atomic E-state index is -0.105. The minimum absolute atomic E-state index is 0.00377. The Morgan fingerprint density at radius 3 is 2.41 bits per heavy atom. The molecule has 0 saturated carbocycles. The number of methoxy groups -OCH3 is 1. The molecule has 0 aliphatic heterocycles. The van der Waals surface area contributed by atoms with E-state index in [1.54, 1.807) is 7.11 Å². The third-order valence-corrected chi connectivity index (χ3v) is 4.96. The highest BCUT2D eigenvalue weighted by molar-refractivity contribution is 5.94. The molecule has 0 spiro atoms. The van der Waals surface area contributed by atoms with E-state index in [2.05, 4.69) is 15.3 Å². The van der Waals surface area contributed by atoms with Crippen LogP contribution in [0, 0.1) is 13.8 Å². The van der Waals surface area contributed by atoms with Crippen LogP contribution in [-0.2, 0) is 0 Å². The number of hydrogen-bond donors (Lipinski definition) is 1. The number of likely N-dealkylation sites (N-methyl/N-ethyl adjacent to an activating group) is 1. The van der Waals surface area contributed by atoms with E-state index in [1.165, 1.54) is 0 Å². The number of aromatic nitrogens is 2. The molecule has 1 aromatic heterocycles. The summed E-state index contributed by atoms with van der Waals surface area (Å²) in [5, 5.41) is 7.53. The molecule has 1 atom stereocenters. The first-order valence-corrected chi connectivity index (χ1v) is 9.62. The highest BCUT2D eigenvalue weighted by atomic mass is 16.5. The van der Waals surface area contributed by atoms with Crippen molar-refractivity contribution in [3.63, 3.8) is 0 Å². The number of amides is 1. The minimum Gasteiger partial charge on any atom is -0.496 e. The van der Waals surface area contributed by atoms with Gasteiger partial charge in [0.1, 0.15) is 5.75 Å². The van der Waals surface area contributed by atoms with E-state index in [9.17, 15) is 4.79 Å². The third kappa shape index (κ3) is 4.66. The van der Waals surface area contributed by atoms with Gasteiger partial charge in [-0.25, -0.2) is 4.68 Å². The lowest BCUT2D eigenvalue weighted by Crippen LogP contribution is -2.34. The summed E-state index contributed by atoms with van der Waals surface area (Å²) in [7, 11) is 5.65. The van der Waals surface area contributed by atoms with Crippen molar-refractivity contribution in [2.24, 2.45) is 0 Å². The topological polar surface area (TPSA) is 59.4 Å². The Labute approximate surface area is 172 Å². The smallest absolute Gasteiger partial charge is 0.251 e. The number of aryl methyl sites for hydroxylation is 2. The van der Waals surface area contributed by atoms with Crippen molar-refractivity contribution in [2.75, 3.05) is 27.7 Å². The van der Waals surface area contributed by atoms with Crippen LogP contribution in [-0.4, -0.2) is 48.3 Å². The molecule has 0 fully saturated rings. The zero-order chi connectivity index (χ0) is 21.0. The largest absolute Gasteiger partial charge is 0.496 e. The quantitative estimate of drug-likeness (QED) is 0.668. The molecule has 1 unspecified atom stereocenters. The molecule has 1 N–H and O–H groups in total. The number of nitrogens with zero attached hydrogens (tertiary/aromatic N) is 3. The van der Waals surface area contributed by atoms with Crippen molar-refractivity contribution in [1.29, 1.82) is 0 Å². The van der Waals surface area contributed by atoms with Crippen molar-refractivity contribution < 1.29 is 9.53 Å². The fourth-order valence-corrected chi connectivity index (χ4v) is 3.45. The van der Waals surface area contributed by atoms with Crippen LogP contribution < -0.4 is 10.1 Å². The highest BCUT2D eigenvalue weighted by Crippen LogP contribution is 2.27. The number of rotatable bonds is 7. The van der Waals surface area contributed by atoms with E-state index in [0.29, 0.717) is 12.1 Å². The predicted octanol–water partition coefficient (Wildman–Crippen LogP) is 3.53. The average molecular weight is 393 g/mol. The van der Waals surface area contributed by atoms with Crippen molar-refractivity contribution >= 4 is 5.91 Å². The molecule has 3 rings (SSSR count). The summed E-state index contributed by atoms with van der Waals surface area (Å²) in [6.45, 7) is 4.46. The van der Waals surface area contributed by atoms with Gasteiger partial charge in [0.2, 0.25) is 0 Å². The van der Waals surface area contributed by atoms with E-state index in [4.69, 9.17) is 4.74 Å². The van der Waals surface area contributed by atoms with Crippen LogP contribution in [0.25, 0.3) is 5.69 Å². The maximum absolute atomic E-state index is 12.7. The van der Waals surface area contributed by atoms with Crippen LogP contribution in [0.2, 0.25) is 0 Å². The Morgan fingerprint density at radius 2 is 1.83 bits per heavy atom. The average Bonchev–Trinajstić information content (AvgIpc) is 3.06. The Balaban J connectivity index is 1.71. The maximum Gasteiger partial charge on any atom is 0.251 e. The monoisotopic (exact) mass is 392 g/mol. The molecule has 6 heteroatoms. The van der Waals surface area contributed by atoms with E-state index in [1.807, 2.05) is 87.2 Å². The van der Waals surface area contributed by atoms with Gasteiger partial charge < -0.3 is 15.0 Å². The molecule has 152 valence electrons. The van der Waals surface area contributed by atoms with Crippen LogP contribution in [0.3, 0.4) is 0 Å². The second kappa shape index (κ2) is 8.92. The fourth-order valence-electron chi connectivity index (χ4n) is 3.45. The normalized spacial score (nSPS) is 12.1. The highest BCUT2D eigenvalue weighted by Gasteiger charge is 2.19. The van der Waals surface area contributed by atoms with E-state index >= 15 is 0 Å². The summed E-state index contributed by atoms with van der Waals surface area (Å²) < 4.78 is 7.36. The lowest BCUT2D eigenvalue weighted by atomic mass is 10.0. The maximum atomic E-state index is 12.7. The number of nitrogens with one attached hydrogen (secondary N) is 1. The number of carbonyl (C=O) groups is 1. The van der Waals surface area contributed by atoms with Crippen molar-refractivity contribution in [2.45, 2.75) is 19.9 Å². The molecule has 29 heavy (non-hydrogen) atoms. The lowest BCUT2D eigenvalue weighted by molar-refractivity contribution is 0.0941. The van der Waals surface area contributed by atoms with Gasteiger partial charge in [0.05, 0.1) is 24.5 Å². The first-order chi connectivity index (χ1) is 13.9. The van der Waals surface area contributed by atoms with E-state index in [0.717, 1.165) is 28.4 Å². The van der Waals surface area contributed by atoms with Crippen LogP contribution in [0.5, 0.6) is 5.75 Å². The molecule has 6 nitrogen and oxygen atoms in total. The zero-order valence-electron chi connectivity index (χ0n) is 17.6. The molecular formula is C23H28N4O2. The van der Waals surface area contributed by atoms with Gasteiger partial charge in [-0.15, -0.1) is 0 Å². The Bertz CT molecular complexity index is 977. The first-order valence-electron chi connectivity index (χ1n) is 9.62. The van der Waals surface area contributed by atoms with Gasteiger partial charge in [0.15, 0.2) is 0 Å². The molecule has 0 bridgehead atoms. The molecule has 0 aliphatic carbocycles. The van der Waals surface area contributed by atoms with Gasteiger partial charge >= 0.3 is 0 Å². The SMILES string of the molecule is COc1ccccc1C(CNC(=O)c1ccc(-n2nc(C)cc2C)cc1)N(C)C. The second-order valence-corrected chi connectivity index (χ2v) is 7.32. The van der Waals surface area contributed by atoms with Gasteiger partial charge in [0, 0.05) is 23.4 Å². The van der Waals surface area contributed by atoms with Crippen molar-refractivity contribution in [3.05, 3.63) is 77.1 Å². The zero-order valence-corrected chi connectivity index (χ0v) is 17.6. The van der Waals surface area contributed by atoms with Crippen LogP contribution in [0.4, 0.5) is 0 Å². The summed E-state index contributed by atoms with van der Waals surface area (Å²) in [5.41, 5.74) is 4.63. The van der Waals surface area contributed by atoms with Gasteiger partial charge in [-0.1, -0.05) is 18.2 Å². The molecule has 3 aromatic rings.